The number of aromatic nitrogens is 4. The van der Waals surface area contributed by atoms with E-state index in [9.17, 15) is 0 Å². The van der Waals surface area contributed by atoms with Gasteiger partial charge in [-0.3, -0.25) is 4.57 Å². The molecule has 0 aliphatic heterocycles. The molecule has 0 spiro atoms. The number of rotatable bonds is 6. The maximum absolute atomic E-state index is 5.41. The zero-order chi connectivity index (χ0) is 37.0. The Kier molecular flexibility index (Phi) is 7.46. The molecule has 0 fully saturated rings. The number of nitrogens with zero attached hydrogens (tertiary/aromatic N) is 4. The number of para-hydroxylation sites is 1. The maximum atomic E-state index is 5.41. The average Bonchev–Trinajstić information content (AvgIpc) is 3.80. The van der Waals surface area contributed by atoms with Gasteiger partial charge in [0.25, 0.3) is 0 Å². The highest BCUT2D eigenvalue weighted by Gasteiger charge is 2.24. The van der Waals surface area contributed by atoms with Crippen LogP contribution in [0.3, 0.4) is 0 Å². The summed E-state index contributed by atoms with van der Waals surface area (Å²) in [5.41, 5.74) is 14.0. The molecule has 0 saturated carbocycles. The highest BCUT2D eigenvalue weighted by atomic mass is 15.2. The fourth-order valence-electron chi connectivity index (χ4n) is 8.32. The molecule has 4 heteroatoms. The lowest BCUT2D eigenvalue weighted by molar-refractivity contribution is 0.995. The predicted molar refractivity (Wildman–Crippen MR) is 232 cm³/mol. The molecule has 4 nitrogen and oxygen atoms in total. The van der Waals surface area contributed by atoms with E-state index in [4.69, 9.17) is 9.97 Å². The van der Waals surface area contributed by atoms with Gasteiger partial charge in [0.1, 0.15) is 0 Å². The summed E-state index contributed by atoms with van der Waals surface area (Å²) in [5, 5.41) is 4.65. The minimum Gasteiger partial charge on any atom is -0.307 e. The molecule has 0 N–H and O–H groups in total. The number of hydrogen-bond donors (Lipinski definition) is 0. The molecule has 0 saturated heterocycles. The summed E-state index contributed by atoms with van der Waals surface area (Å²) in [6.45, 7) is 0. The second-order valence-electron chi connectivity index (χ2n) is 14.2. The molecule has 0 atom stereocenters. The topological polar surface area (TPSA) is 35.6 Å². The molecule has 3 heterocycles. The molecular formula is C52H34N4. The van der Waals surface area contributed by atoms with Gasteiger partial charge in [-0.15, -0.1) is 0 Å². The third kappa shape index (κ3) is 5.23. The van der Waals surface area contributed by atoms with Crippen molar-refractivity contribution < 1.29 is 0 Å². The minimum atomic E-state index is 0.625. The van der Waals surface area contributed by atoms with Crippen LogP contribution < -0.4 is 0 Å². The molecule has 56 heavy (non-hydrogen) atoms. The smallest absolute Gasteiger partial charge is 0.235 e. The maximum Gasteiger partial charge on any atom is 0.235 e. The normalized spacial score (nSPS) is 11.6. The van der Waals surface area contributed by atoms with E-state index in [1.165, 1.54) is 27.5 Å². The number of fused-ring (bicyclic) bond motifs is 7. The zero-order valence-electron chi connectivity index (χ0n) is 30.4. The van der Waals surface area contributed by atoms with Gasteiger partial charge in [0.05, 0.1) is 33.5 Å². The van der Waals surface area contributed by atoms with Crippen LogP contribution in [0.1, 0.15) is 0 Å². The molecule has 8 aromatic carbocycles. The van der Waals surface area contributed by atoms with E-state index in [-0.39, 0.29) is 0 Å². The van der Waals surface area contributed by atoms with Gasteiger partial charge in [0, 0.05) is 38.4 Å². The van der Waals surface area contributed by atoms with Gasteiger partial charge in [0.2, 0.25) is 5.95 Å². The first-order chi connectivity index (χ1) is 27.8. The van der Waals surface area contributed by atoms with E-state index in [1.54, 1.807) is 0 Å². The van der Waals surface area contributed by atoms with Gasteiger partial charge in [-0.2, -0.15) is 0 Å². The Labute approximate surface area is 324 Å². The summed E-state index contributed by atoms with van der Waals surface area (Å²) in [4.78, 5) is 10.8. The second-order valence-corrected chi connectivity index (χ2v) is 14.2. The Hall–Kier alpha value is -7.56. The first kappa shape index (κ1) is 31.9. The molecule has 11 aromatic rings. The summed E-state index contributed by atoms with van der Waals surface area (Å²) >= 11 is 0. The van der Waals surface area contributed by atoms with Crippen molar-refractivity contribution in [1.82, 2.24) is 19.1 Å². The highest BCUT2D eigenvalue weighted by molar-refractivity contribution is 6.24. The van der Waals surface area contributed by atoms with E-state index in [0.29, 0.717) is 5.95 Å². The van der Waals surface area contributed by atoms with Gasteiger partial charge < -0.3 is 4.57 Å². The van der Waals surface area contributed by atoms with Crippen molar-refractivity contribution >= 4 is 43.6 Å². The van der Waals surface area contributed by atoms with E-state index >= 15 is 0 Å². The Balaban J connectivity index is 1.31. The van der Waals surface area contributed by atoms with E-state index in [0.717, 1.165) is 66.6 Å². The second kappa shape index (κ2) is 13.1. The standard InChI is InChI=1S/C52H34N4/c1-6-16-35(17-7-1)39-26-30-48-44(32-39)42-28-29-43-45-33-40(36-18-8-2-9-19-36)27-31-49(45)56(51(43)50(42)55(48)41-24-14-5-15-25-41)52-53-46(37-20-10-3-11-21-37)34-47(54-52)38-22-12-4-13-23-38/h1-34H. The molecule has 0 aliphatic carbocycles. The monoisotopic (exact) mass is 714 g/mol. The Bertz CT molecular complexity index is 3150. The Morgan fingerprint density at radius 3 is 1.14 bits per heavy atom. The quantitative estimate of drug-likeness (QED) is 0.172. The third-order valence-corrected chi connectivity index (χ3v) is 10.9. The van der Waals surface area contributed by atoms with Gasteiger partial charge in [-0.25, -0.2) is 9.97 Å². The van der Waals surface area contributed by atoms with Crippen molar-refractivity contribution in [2.24, 2.45) is 0 Å². The minimum absolute atomic E-state index is 0.625. The lowest BCUT2D eigenvalue weighted by Gasteiger charge is -2.14. The van der Waals surface area contributed by atoms with Crippen molar-refractivity contribution in [1.29, 1.82) is 0 Å². The first-order valence-corrected chi connectivity index (χ1v) is 19.0. The molecule has 0 radical (unpaired) electrons. The summed E-state index contributed by atoms with van der Waals surface area (Å²) < 4.78 is 4.73. The van der Waals surface area contributed by atoms with E-state index < -0.39 is 0 Å². The first-order valence-electron chi connectivity index (χ1n) is 19.0. The number of benzene rings is 8. The van der Waals surface area contributed by atoms with E-state index in [1.807, 2.05) is 12.1 Å². The lowest BCUT2D eigenvalue weighted by atomic mass is 10.0. The van der Waals surface area contributed by atoms with Crippen molar-refractivity contribution in [3.05, 3.63) is 206 Å². The Morgan fingerprint density at radius 1 is 0.286 bits per heavy atom. The summed E-state index contributed by atoms with van der Waals surface area (Å²) in [7, 11) is 0. The van der Waals surface area contributed by atoms with Gasteiger partial charge in [-0.1, -0.05) is 164 Å². The van der Waals surface area contributed by atoms with Crippen LogP contribution in [-0.4, -0.2) is 19.1 Å². The van der Waals surface area contributed by atoms with Crippen molar-refractivity contribution in [2.75, 3.05) is 0 Å². The fourth-order valence-corrected chi connectivity index (χ4v) is 8.32. The molecule has 0 bridgehead atoms. The fraction of sp³-hybridized carbons (Fsp3) is 0. The molecule has 11 rings (SSSR count). The summed E-state index contributed by atoms with van der Waals surface area (Å²) in [5.74, 6) is 0.625. The summed E-state index contributed by atoms with van der Waals surface area (Å²) in [6.07, 6.45) is 0. The zero-order valence-corrected chi connectivity index (χ0v) is 30.4. The lowest BCUT2D eigenvalue weighted by Crippen LogP contribution is -2.05. The Morgan fingerprint density at radius 2 is 0.679 bits per heavy atom. The van der Waals surface area contributed by atoms with Crippen LogP contribution in [0.4, 0.5) is 0 Å². The van der Waals surface area contributed by atoms with E-state index in [2.05, 4.69) is 203 Å². The average molecular weight is 715 g/mol. The van der Waals surface area contributed by atoms with Crippen LogP contribution in [0.2, 0.25) is 0 Å². The van der Waals surface area contributed by atoms with Crippen LogP contribution in [0.5, 0.6) is 0 Å². The molecule has 3 aromatic heterocycles. The largest absolute Gasteiger partial charge is 0.307 e. The predicted octanol–water partition coefficient (Wildman–Crippen LogP) is 13.3. The van der Waals surface area contributed by atoms with Gasteiger partial charge >= 0.3 is 0 Å². The van der Waals surface area contributed by atoms with Crippen molar-refractivity contribution in [2.45, 2.75) is 0 Å². The third-order valence-electron chi connectivity index (χ3n) is 10.9. The van der Waals surface area contributed by atoms with Crippen LogP contribution >= 0.6 is 0 Å². The summed E-state index contributed by atoms with van der Waals surface area (Å²) in [6, 6.07) is 73.2. The van der Waals surface area contributed by atoms with Crippen molar-refractivity contribution in [3.8, 4) is 56.4 Å². The van der Waals surface area contributed by atoms with Crippen LogP contribution in [0, 0.1) is 0 Å². The van der Waals surface area contributed by atoms with Gasteiger partial charge in [0.15, 0.2) is 0 Å². The molecule has 0 amide bonds. The SMILES string of the molecule is c1ccc(-c2ccc3c(c2)c2ccc4c5cc(-c6ccccc6)ccc5n(-c5nc(-c6ccccc6)cc(-c6ccccc6)n5)c4c2n3-c2ccccc2)cc1. The molecule has 262 valence electrons. The van der Waals surface area contributed by atoms with Crippen LogP contribution in [0.15, 0.2) is 206 Å². The van der Waals surface area contributed by atoms with Crippen molar-refractivity contribution in [3.63, 3.8) is 0 Å². The highest BCUT2D eigenvalue weighted by Crippen LogP contribution is 2.43. The molecule has 0 unspecified atom stereocenters. The van der Waals surface area contributed by atoms with Crippen LogP contribution in [0.25, 0.3) is 100 Å². The number of hydrogen-bond acceptors (Lipinski definition) is 2. The van der Waals surface area contributed by atoms with Gasteiger partial charge in [-0.05, 0) is 64.7 Å². The molecular weight excluding hydrogens is 681 g/mol. The van der Waals surface area contributed by atoms with Crippen LogP contribution in [-0.2, 0) is 0 Å². The molecule has 0 aliphatic rings.